The molecule has 0 atom stereocenters. The molecule has 146 valence electrons. The third-order valence-electron chi connectivity index (χ3n) is 4.55. The second-order valence-electron chi connectivity index (χ2n) is 6.80. The van der Waals surface area contributed by atoms with Gasteiger partial charge in [0.05, 0.1) is 0 Å². The highest BCUT2D eigenvalue weighted by Gasteiger charge is 2.16. The van der Waals surface area contributed by atoms with E-state index in [1.165, 1.54) is 0 Å². The van der Waals surface area contributed by atoms with Crippen LogP contribution in [0.15, 0.2) is 95.9 Å². The van der Waals surface area contributed by atoms with Crippen molar-refractivity contribution in [1.82, 2.24) is 0 Å². The number of hydrogen-bond donors (Lipinski definition) is 0. The maximum Gasteiger partial charge on any atom is 0.339 e. The number of rotatable bonds is 6. The Balaban J connectivity index is 1.55. The number of aryl methyl sites for hydroxylation is 1. The summed E-state index contributed by atoms with van der Waals surface area (Å²) >= 11 is 0. The molecule has 0 amide bonds. The van der Waals surface area contributed by atoms with Gasteiger partial charge in [-0.3, -0.25) is 0 Å². The van der Waals surface area contributed by atoms with Gasteiger partial charge in [-0.2, -0.15) is 8.42 Å². The molecule has 0 bridgehead atoms. The van der Waals surface area contributed by atoms with Gasteiger partial charge in [0.25, 0.3) is 0 Å². The van der Waals surface area contributed by atoms with Crippen LogP contribution in [0.1, 0.15) is 11.1 Å². The van der Waals surface area contributed by atoms with E-state index in [9.17, 15) is 8.42 Å². The monoisotopic (exact) mass is 404 g/mol. The van der Waals surface area contributed by atoms with Gasteiger partial charge in [-0.15, -0.1) is 0 Å². The fraction of sp³-hybridized carbons (Fsp3) is 0.0833. The summed E-state index contributed by atoms with van der Waals surface area (Å²) in [5.74, 6) is 0.971. The maximum atomic E-state index is 12.5. The van der Waals surface area contributed by atoms with Gasteiger partial charge in [-0.1, -0.05) is 60.2 Å². The fourth-order valence-electron chi connectivity index (χ4n) is 2.97. The second kappa shape index (κ2) is 7.97. The summed E-state index contributed by atoms with van der Waals surface area (Å²) in [4.78, 5) is 0.128. The molecule has 4 aromatic carbocycles. The van der Waals surface area contributed by atoms with Crippen LogP contribution in [0.25, 0.3) is 10.8 Å². The van der Waals surface area contributed by atoms with Crippen molar-refractivity contribution in [3.8, 4) is 11.5 Å². The van der Waals surface area contributed by atoms with Crippen molar-refractivity contribution in [2.75, 3.05) is 0 Å². The first-order valence-electron chi connectivity index (χ1n) is 9.21. The standard InChI is InChI=1S/C24H20O4S/c1-18-7-13-24(14-8-18)29(25,26)28-23-12-10-20-9-11-22(15-21(20)16-23)27-17-19-5-3-2-4-6-19/h2-16H,17H2,1H3. The van der Waals surface area contributed by atoms with Gasteiger partial charge in [0.2, 0.25) is 0 Å². The molecule has 0 radical (unpaired) electrons. The van der Waals surface area contributed by atoms with Crippen molar-refractivity contribution in [2.24, 2.45) is 0 Å². The molecule has 4 aromatic rings. The van der Waals surface area contributed by atoms with Crippen molar-refractivity contribution in [3.05, 3.63) is 102 Å². The van der Waals surface area contributed by atoms with Gasteiger partial charge in [0.15, 0.2) is 0 Å². The molecule has 0 aliphatic heterocycles. The topological polar surface area (TPSA) is 52.6 Å². The van der Waals surface area contributed by atoms with Gasteiger partial charge in [-0.05, 0) is 59.7 Å². The highest BCUT2D eigenvalue weighted by atomic mass is 32.2. The minimum Gasteiger partial charge on any atom is -0.489 e. The molecule has 0 fully saturated rings. The lowest BCUT2D eigenvalue weighted by Crippen LogP contribution is -2.09. The molecule has 0 aromatic heterocycles. The summed E-state index contributed by atoms with van der Waals surface area (Å²) in [6.07, 6.45) is 0. The third-order valence-corrected chi connectivity index (χ3v) is 5.81. The van der Waals surface area contributed by atoms with E-state index < -0.39 is 10.1 Å². The average Bonchev–Trinajstić information content (AvgIpc) is 2.73. The van der Waals surface area contributed by atoms with Crippen molar-refractivity contribution in [2.45, 2.75) is 18.4 Å². The first-order chi connectivity index (χ1) is 14.0. The molecule has 0 unspecified atom stereocenters. The zero-order valence-electron chi connectivity index (χ0n) is 15.9. The van der Waals surface area contributed by atoms with E-state index in [0.29, 0.717) is 12.4 Å². The summed E-state index contributed by atoms with van der Waals surface area (Å²) in [6.45, 7) is 2.36. The van der Waals surface area contributed by atoms with Crippen molar-refractivity contribution in [3.63, 3.8) is 0 Å². The van der Waals surface area contributed by atoms with Crippen LogP contribution in [-0.4, -0.2) is 8.42 Å². The Bertz CT molecular complexity index is 1230. The van der Waals surface area contributed by atoms with E-state index in [1.54, 1.807) is 36.4 Å². The molecule has 5 heteroatoms. The van der Waals surface area contributed by atoms with Gasteiger partial charge in [-0.25, -0.2) is 0 Å². The normalized spacial score (nSPS) is 11.3. The largest absolute Gasteiger partial charge is 0.489 e. The zero-order chi connectivity index (χ0) is 20.3. The molecule has 4 nitrogen and oxygen atoms in total. The molecule has 29 heavy (non-hydrogen) atoms. The lowest BCUT2D eigenvalue weighted by atomic mass is 10.1. The van der Waals surface area contributed by atoms with Crippen LogP contribution in [0, 0.1) is 6.92 Å². The first-order valence-corrected chi connectivity index (χ1v) is 10.6. The van der Waals surface area contributed by atoms with Gasteiger partial charge >= 0.3 is 10.1 Å². The van der Waals surface area contributed by atoms with E-state index in [2.05, 4.69) is 0 Å². The summed E-state index contributed by atoms with van der Waals surface area (Å²) in [7, 11) is -3.89. The van der Waals surface area contributed by atoms with Crippen molar-refractivity contribution in [1.29, 1.82) is 0 Å². The Kier molecular flexibility index (Phi) is 5.23. The van der Waals surface area contributed by atoms with Crippen LogP contribution in [0.3, 0.4) is 0 Å². The number of benzene rings is 4. The molecule has 0 aliphatic carbocycles. The van der Waals surface area contributed by atoms with Crippen LogP contribution < -0.4 is 8.92 Å². The molecule has 0 spiro atoms. The molecule has 0 saturated heterocycles. The predicted molar refractivity (Wildman–Crippen MR) is 114 cm³/mol. The van der Waals surface area contributed by atoms with Crippen LogP contribution >= 0.6 is 0 Å². The fourth-order valence-corrected chi connectivity index (χ4v) is 3.89. The molecule has 0 saturated carbocycles. The molecule has 0 N–H and O–H groups in total. The Hall–Kier alpha value is -3.31. The van der Waals surface area contributed by atoms with Gasteiger partial charge < -0.3 is 8.92 Å². The molecule has 0 aliphatic rings. The number of fused-ring (bicyclic) bond motifs is 1. The van der Waals surface area contributed by atoms with E-state index in [-0.39, 0.29) is 10.6 Å². The Labute approximate surface area is 170 Å². The van der Waals surface area contributed by atoms with Crippen LogP contribution in [-0.2, 0) is 16.7 Å². The Morgan fingerprint density at radius 3 is 2.10 bits per heavy atom. The van der Waals surface area contributed by atoms with Crippen LogP contribution in [0.2, 0.25) is 0 Å². The van der Waals surface area contributed by atoms with Crippen molar-refractivity contribution >= 4 is 20.9 Å². The van der Waals surface area contributed by atoms with E-state index in [1.807, 2.05) is 61.5 Å². The highest BCUT2D eigenvalue weighted by molar-refractivity contribution is 7.87. The molecular weight excluding hydrogens is 384 g/mol. The lowest BCUT2D eigenvalue weighted by molar-refractivity contribution is 0.306. The number of ether oxygens (including phenoxy) is 1. The predicted octanol–water partition coefficient (Wildman–Crippen LogP) is 5.49. The highest BCUT2D eigenvalue weighted by Crippen LogP contribution is 2.27. The van der Waals surface area contributed by atoms with Gasteiger partial charge in [0, 0.05) is 0 Å². The summed E-state index contributed by atoms with van der Waals surface area (Å²) in [5, 5.41) is 1.81. The smallest absolute Gasteiger partial charge is 0.339 e. The maximum absolute atomic E-state index is 12.5. The van der Waals surface area contributed by atoms with Gasteiger partial charge in [0.1, 0.15) is 23.0 Å². The number of hydrogen-bond acceptors (Lipinski definition) is 4. The quantitative estimate of drug-likeness (QED) is 0.399. The first kappa shape index (κ1) is 19.0. The average molecular weight is 404 g/mol. The Morgan fingerprint density at radius 2 is 1.38 bits per heavy atom. The lowest BCUT2D eigenvalue weighted by Gasteiger charge is -2.10. The third kappa shape index (κ3) is 4.58. The van der Waals surface area contributed by atoms with Crippen LogP contribution in [0.5, 0.6) is 11.5 Å². The minimum absolute atomic E-state index is 0.128. The summed E-state index contributed by atoms with van der Waals surface area (Å²) in [5.41, 5.74) is 2.06. The van der Waals surface area contributed by atoms with Crippen LogP contribution in [0.4, 0.5) is 0 Å². The SMILES string of the molecule is Cc1ccc(S(=O)(=O)Oc2ccc3ccc(OCc4ccccc4)cc3c2)cc1. The van der Waals surface area contributed by atoms with E-state index >= 15 is 0 Å². The molecular formula is C24H20O4S. The zero-order valence-corrected chi connectivity index (χ0v) is 16.7. The van der Waals surface area contributed by atoms with E-state index in [4.69, 9.17) is 8.92 Å². The Morgan fingerprint density at radius 1 is 0.724 bits per heavy atom. The summed E-state index contributed by atoms with van der Waals surface area (Å²) < 4.78 is 36.3. The summed E-state index contributed by atoms with van der Waals surface area (Å²) in [6, 6.07) is 27.4. The van der Waals surface area contributed by atoms with Crippen molar-refractivity contribution < 1.29 is 17.3 Å². The second-order valence-corrected chi connectivity index (χ2v) is 8.34. The molecule has 4 rings (SSSR count). The minimum atomic E-state index is -3.89. The van der Waals surface area contributed by atoms with E-state index in [0.717, 1.165) is 21.9 Å². The molecule has 0 heterocycles.